The van der Waals surface area contributed by atoms with Crippen LogP contribution < -0.4 is 0 Å². The molecule has 100 heavy (non-hydrogen) atoms. The highest BCUT2D eigenvalue weighted by Crippen LogP contribution is 2.45. The molecule has 0 radical (unpaired) electrons. The van der Waals surface area contributed by atoms with Gasteiger partial charge < -0.3 is 33.8 Å². The van der Waals surface area contributed by atoms with E-state index in [0.29, 0.717) is 31.6 Å². The highest BCUT2D eigenvalue weighted by Gasteiger charge is 2.30. The third-order valence-electron chi connectivity index (χ3n) is 19.2. The van der Waals surface area contributed by atoms with Crippen LogP contribution in [0.4, 0.5) is 0 Å². The first-order valence-electron chi connectivity index (χ1n) is 41.7. The number of aliphatic hydroxyl groups is 1. The van der Waals surface area contributed by atoms with Crippen molar-refractivity contribution < 1.29 is 80.2 Å². The summed E-state index contributed by atoms with van der Waals surface area (Å²) in [4.78, 5) is 73.0. The van der Waals surface area contributed by atoms with Gasteiger partial charge in [0.05, 0.1) is 26.4 Å². The maximum Gasteiger partial charge on any atom is 0.472 e. The third kappa shape index (κ3) is 73.0. The first kappa shape index (κ1) is 98.1. The van der Waals surface area contributed by atoms with E-state index in [0.717, 1.165) is 114 Å². The molecule has 0 heterocycles. The highest BCUT2D eigenvalue weighted by atomic mass is 31.2. The number of hydrogen-bond acceptors (Lipinski definition) is 15. The topological polar surface area (TPSA) is 237 Å². The smallest absolute Gasteiger partial charge is 0.462 e. The van der Waals surface area contributed by atoms with E-state index in [1.165, 1.54) is 212 Å². The molecule has 0 aromatic rings. The molecule has 0 saturated carbocycles. The molecule has 0 aromatic heterocycles. The van der Waals surface area contributed by atoms with Gasteiger partial charge in [0.25, 0.3) is 0 Å². The number of carbonyl (C=O) groups excluding carboxylic acids is 4. The first-order chi connectivity index (χ1) is 48.1. The van der Waals surface area contributed by atoms with Crippen molar-refractivity contribution in [2.24, 2.45) is 23.7 Å². The Labute approximate surface area is 613 Å². The number of phosphoric acid groups is 2. The predicted octanol–water partition coefficient (Wildman–Crippen LogP) is 24.0. The molecule has 0 aliphatic heterocycles. The molecule has 0 aromatic carbocycles. The van der Waals surface area contributed by atoms with E-state index in [4.69, 9.17) is 37.0 Å². The monoisotopic (exact) mass is 1470 g/mol. The summed E-state index contributed by atoms with van der Waals surface area (Å²) in [6.07, 6.45) is 56.9. The molecular weight excluding hydrogens is 1310 g/mol. The van der Waals surface area contributed by atoms with Crippen molar-refractivity contribution in [3.8, 4) is 0 Å². The average molecular weight is 1470 g/mol. The number of esters is 4. The molecule has 0 spiro atoms. The van der Waals surface area contributed by atoms with Gasteiger partial charge in [-0.15, -0.1) is 0 Å². The molecule has 3 N–H and O–H groups in total. The van der Waals surface area contributed by atoms with E-state index in [1.54, 1.807) is 0 Å². The fourth-order valence-corrected chi connectivity index (χ4v) is 14.0. The Balaban J connectivity index is 5.24. The second kappa shape index (κ2) is 70.1. The zero-order chi connectivity index (χ0) is 73.8. The van der Waals surface area contributed by atoms with E-state index in [2.05, 4.69) is 55.4 Å². The van der Waals surface area contributed by atoms with Gasteiger partial charge in [-0.3, -0.25) is 37.3 Å². The van der Waals surface area contributed by atoms with Crippen LogP contribution >= 0.6 is 15.6 Å². The van der Waals surface area contributed by atoms with Gasteiger partial charge in [-0.1, -0.05) is 364 Å². The summed E-state index contributed by atoms with van der Waals surface area (Å²) in [6, 6.07) is 0. The fraction of sp³-hybridized carbons (Fsp3) is 0.951. The molecular formula is C81H158O17P2. The van der Waals surface area contributed by atoms with Gasteiger partial charge in [0.15, 0.2) is 12.2 Å². The number of rotatable bonds is 78. The SMILES string of the molecule is CCC(C)CCCCCCCCCCCCC(=O)OC[C@H](COP(=O)(O)OCC(O)COP(=O)(O)OC[C@@H](COC(=O)CCCCCCCCCC(C)C)OC(=O)CCCCCCCCCCCCCCCCCC(C)C)OC(=O)CCCCCCCCCCCCCCCCCC(C)C. The summed E-state index contributed by atoms with van der Waals surface area (Å²) in [5, 5.41) is 10.6. The minimum absolute atomic E-state index is 0.107. The Morgan fingerprint density at radius 2 is 0.480 bits per heavy atom. The van der Waals surface area contributed by atoms with Gasteiger partial charge >= 0.3 is 39.5 Å². The van der Waals surface area contributed by atoms with Crippen molar-refractivity contribution in [3.05, 3.63) is 0 Å². The summed E-state index contributed by atoms with van der Waals surface area (Å²) in [5.41, 5.74) is 0. The van der Waals surface area contributed by atoms with Crippen LogP contribution in [0.25, 0.3) is 0 Å². The van der Waals surface area contributed by atoms with E-state index in [1.807, 2.05) is 0 Å². The lowest BCUT2D eigenvalue weighted by atomic mass is 9.99. The van der Waals surface area contributed by atoms with Crippen molar-refractivity contribution in [1.29, 1.82) is 0 Å². The first-order valence-corrected chi connectivity index (χ1v) is 44.7. The Bertz CT molecular complexity index is 1960. The number of hydrogen-bond donors (Lipinski definition) is 3. The summed E-state index contributed by atoms with van der Waals surface area (Å²) in [7, 11) is -9.92. The number of aliphatic hydroxyl groups excluding tert-OH is 1. The van der Waals surface area contributed by atoms with Crippen LogP contribution in [0.3, 0.4) is 0 Å². The normalized spacial score (nSPS) is 14.3. The minimum Gasteiger partial charge on any atom is -0.462 e. The standard InChI is InChI=1S/C81H158O17P2/c1-9-74(8)60-52-44-36-28-24-25-29-37-45-53-61-78(83)91-67-76(97-80(85)63-55-47-38-30-22-18-14-10-12-16-20-26-33-41-49-57-71(2)3)69-95-99(87,88)93-65-75(82)66-94-100(89,90)96-70-77(68-92-79(84)62-54-46-40-32-35-43-51-59-73(6)7)98-81(86)64-56-48-39-31-23-19-15-11-13-17-21-27-34-42-50-58-72(4)5/h71-77,82H,9-70H2,1-8H3,(H,87,88)(H,89,90)/t74?,75?,76-,77-/m1/s1. The van der Waals surface area contributed by atoms with Crippen molar-refractivity contribution in [3.63, 3.8) is 0 Å². The van der Waals surface area contributed by atoms with Gasteiger partial charge in [0, 0.05) is 25.7 Å². The summed E-state index contributed by atoms with van der Waals surface area (Å²) >= 11 is 0. The van der Waals surface area contributed by atoms with E-state index >= 15 is 0 Å². The fourth-order valence-electron chi connectivity index (χ4n) is 12.4. The van der Waals surface area contributed by atoms with Crippen molar-refractivity contribution in [2.75, 3.05) is 39.6 Å². The van der Waals surface area contributed by atoms with Crippen LogP contribution in [0.5, 0.6) is 0 Å². The van der Waals surface area contributed by atoms with Crippen LogP contribution in [-0.2, 0) is 65.4 Å². The van der Waals surface area contributed by atoms with Gasteiger partial charge in [-0.05, 0) is 49.4 Å². The Morgan fingerprint density at radius 3 is 0.710 bits per heavy atom. The zero-order valence-corrected chi connectivity index (χ0v) is 67.6. The van der Waals surface area contributed by atoms with E-state index in [9.17, 15) is 43.2 Å². The minimum atomic E-state index is -4.96. The maximum atomic E-state index is 13.1. The maximum absolute atomic E-state index is 13.1. The second-order valence-electron chi connectivity index (χ2n) is 30.8. The number of carbonyl (C=O) groups is 4. The van der Waals surface area contributed by atoms with Gasteiger partial charge in [-0.25, -0.2) is 9.13 Å². The summed E-state index contributed by atoms with van der Waals surface area (Å²) in [5.74, 6) is 1.01. The molecule has 4 unspecified atom stereocenters. The number of unbranched alkanes of at least 4 members (excludes halogenated alkanes) is 43. The van der Waals surface area contributed by atoms with Crippen LogP contribution in [0, 0.1) is 23.7 Å². The molecule has 0 rings (SSSR count). The Hall–Kier alpha value is -1.94. The zero-order valence-electron chi connectivity index (χ0n) is 65.8. The summed E-state index contributed by atoms with van der Waals surface area (Å²) in [6.45, 7) is 14.3. The molecule has 19 heteroatoms. The van der Waals surface area contributed by atoms with Crippen LogP contribution in [-0.4, -0.2) is 96.7 Å². The van der Waals surface area contributed by atoms with Gasteiger partial charge in [0.2, 0.25) is 0 Å². The molecule has 594 valence electrons. The van der Waals surface area contributed by atoms with Crippen LogP contribution in [0.15, 0.2) is 0 Å². The van der Waals surface area contributed by atoms with Crippen molar-refractivity contribution >= 4 is 39.5 Å². The predicted molar refractivity (Wildman–Crippen MR) is 409 cm³/mol. The lowest BCUT2D eigenvalue weighted by Crippen LogP contribution is -2.30. The number of ether oxygens (including phenoxy) is 4. The molecule has 0 bridgehead atoms. The Kier molecular flexibility index (Phi) is 68.7. The summed E-state index contributed by atoms with van der Waals surface area (Å²) < 4.78 is 68.7. The Morgan fingerprint density at radius 1 is 0.280 bits per heavy atom. The van der Waals surface area contributed by atoms with Gasteiger partial charge in [0.1, 0.15) is 19.3 Å². The molecule has 17 nitrogen and oxygen atoms in total. The molecule has 0 saturated heterocycles. The van der Waals surface area contributed by atoms with Crippen molar-refractivity contribution in [2.45, 2.75) is 433 Å². The van der Waals surface area contributed by atoms with Gasteiger partial charge in [-0.2, -0.15) is 0 Å². The highest BCUT2D eigenvalue weighted by molar-refractivity contribution is 7.47. The third-order valence-corrected chi connectivity index (χ3v) is 21.1. The van der Waals surface area contributed by atoms with Crippen LogP contribution in [0.2, 0.25) is 0 Å². The molecule has 0 aliphatic rings. The van der Waals surface area contributed by atoms with E-state index < -0.39 is 97.5 Å². The van der Waals surface area contributed by atoms with Crippen LogP contribution in [0.1, 0.15) is 415 Å². The lowest BCUT2D eigenvalue weighted by Gasteiger charge is -2.21. The largest absolute Gasteiger partial charge is 0.472 e. The molecule has 0 aliphatic carbocycles. The molecule has 0 amide bonds. The average Bonchev–Trinajstić information content (AvgIpc) is 0.929. The number of phosphoric ester groups is 2. The second-order valence-corrected chi connectivity index (χ2v) is 33.7. The van der Waals surface area contributed by atoms with Crippen molar-refractivity contribution in [1.82, 2.24) is 0 Å². The lowest BCUT2D eigenvalue weighted by molar-refractivity contribution is -0.161. The quantitative estimate of drug-likeness (QED) is 0.0222. The molecule has 6 atom stereocenters. The molecule has 0 fully saturated rings. The van der Waals surface area contributed by atoms with E-state index in [-0.39, 0.29) is 25.7 Å².